The summed E-state index contributed by atoms with van der Waals surface area (Å²) in [7, 11) is -2.65. The third kappa shape index (κ3) is 5.36. The van der Waals surface area contributed by atoms with Crippen molar-refractivity contribution in [1.29, 1.82) is 0 Å². The first-order valence-corrected chi connectivity index (χ1v) is 11.3. The molecule has 10 heteroatoms. The Balaban J connectivity index is 1.78. The number of H-pyrrole nitrogens is 1. The monoisotopic (exact) mass is 462 g/mol. The Kier molecular flexibility index (Phi) is 6.87. The van der Waals surface area contributed by atoms with Crippen LogP contribution in [0.15, 0.2) is 47.4 Å². The van der Waals surface area contributed by atoms with E-state index in [1.54, 1.807) is 30.3 Å². The highest BCUT2D eigenvalue weighted by molar-refractivity contribution is 7.92. The van der Waals surface area contributed by atoms with Crippen LogP contribution in [-0.4, -0.2) is 31.6 Å². The average molecular weight is 463 g/mol. The van der Waals surface area contributed by atoms with Crippen molar-refractivity contribution >= 4 is 38.9 Å². The number of hydrogen-bond donors (Lipinski definition) is 3. The Morgan fingerprint density at radius 2 is 1.94 bits per heavy atom. The minimum absolute atomic E-state index is 0.116. The molecule has 0 unspecified atom stereocenters. The van der Waals surface area contributed by atoms with E-state index in [1.807, 2.05) is 13.8 Å². The molecule has 0 bridgehead atoms. The SMILES string of the molecule is COc1ccc(NC(=O)CCc2c(C)n[nH]c2C)cc1S(=O)(=O)Nc1ccccc1Cl. The molecule has 1 amide bonds. The summed E-state index contributed by atoms with van der Waals surface area (Å²) in [5.74, 6) is -0.102. The molecule has 0 aliphatic carbocycles. The zero-order chi connectivity index (χ0) is 22.6. The molecular weight excluding hydrogens is 440 g/mol. The Labute approximate surface area is 186 Å². The number of benzene rings is 2. The van der Waals surface area contributed by atoms with Gasteiger partial charge in [0.2, 0.25) is 5.91 Å². The molecule has 1 heterocycles. The summed E-state index contributed by atoms with van der Waals surface area (Å²) in [4.78, 5) is 12.3. The van der Waals surface area contributed by atoms with Crippen LogP contribution in [0, 0.1) is 13.8 Å². The maximum atomic E-state index is 13.0. The summed E-state index contributed by atoms with van der Waals surface area (Å²) in [5.41, 5.74) is 3.36. The van der Waals surface area contributed by atoms with Gasteiger partial charge in [-0.25, -0.2) is 8.42 Å². The number of aromatic amines is 1. The summed E-state index contributed by atoms with van der Waals surface area (Å²) in [6.45, 7) is 3.78. The lowest BCUT2D eigenvalue weighted by molar-refractivity contribution is -0.116. The van der Waals surface area contributed by atoms with Gasteiger partial charge in [-0.1, -0.05) is 23.7 Å². The number of aryl methyl sites for hydroxylation is 2. The number of aromatic nitrogens is 2. The standard InChI is InChI=1S/C21H23ClN4O4S/c1-13-16(14(2)25-24-13)9-11-21(27)23-15-8-10-19(30-3)20(12-15)31(28,29)26-18-7-5-4-6-17(18)22/h4-8,10,12,26H,9,11H2,1-3H3,(H,23,27)(H,24,25). The second-order valence-corrected chi connectivity index (χ2v) is 8.97. The topological polar surface area (TPSA) is 113 Å². The number of sulfonamides is 1. The molecule has 0 aliphatic rings. The summed E-state index contributed by atoms with van der Waals surface area (Å²) in [6.07, 6.45) is 0.753. The average Bonchev–Trinajstić information content (AvgIpc) is 3.05. The van der Waals surface area contributed by atoms with Gasteiger partial charge in [-0.2, -0.15) is 5.10 Å². The number of nitrogens with one attached hydrogen (secondary N) is 3. The molecule has 3 aromatic rings. The first-order valence-electron chi connectivity index (χ1n) is 9.47. The number of amides is 1. The molecule has 0 atom stereocenters. The fourth-order valence-corrected chi connectivity index (χ4v) is 4.63. The van der Waals surface area contributed by atoms with E-state index in [9.17, 15) is 13.2 Å². The second kappa shape index (κ2) is 9.40. The van der Waals surface area contributed by atoms with Crippen molar-refractivity contribution in [1.82, 2.24) is 10.2 Å². The molecule has 0 saturated heterocycles. The van der Waals surface area contributed by atoms with E-state index in [0.717, 1.165) is 17.0 Å². The predicted octanol–water partition coefficient (Wildman–Crippen LogP) is 4.06. The van der Waals surface area contributed by atoms with Gasteiger partial charge in [-0.15, -0.1) is 0 Å². The molecule has 3 rings (SSSR count). The maximum Gasteiger partial charge on any atom is 0.265 e. The molecule has 0 fully saturated rings. The second-order valence-electron chi connectivity index (χ2n) is 6.91. The predicted molar refractivity (Wildman–Crippen MR) is 120 cm³/mol. The van der Waals surface area contributed by atoms with Crippen LogP contribution in [0.25, 0.3) is 0 Å². The van der Waals surface area contributed by atoms with Crippen LogP contribution >= 0.6 is 11.6 Å². The molecule has 31 heavy (non-hydrogen) atoms. The smallest absolute Gasteiger partial charge is 0.265 e. The van der Waals surface area contributed by atoms with Gasteiger partial charge in [0.05, 0.1) is 23.5 Å². The number of nitrogens with zero attached hydrogens (tertiary/aromatic N) is 1. The zero-order valence-corrected chi connectivity index (χ0v) is 18.9. The number of anilines is 2. The van der Waals surface area contributed by atoms with E-state index in [1.165, 1.54) is 19.2 Å². The molecule has 3 N–H and O–H groups in total. The highest BCUT2D eigenvalue weighted by Gasteiger charge is 2.22. The highest BCUT2D eigenvalue weighted by atomic mass is 35.5. The number of hydrogen-bond acceptors (Lipinski definition) is 5. The zero-order valence-electron chi connectivity index (χ0n) is 17.3. The first kappa shape index (κ1) is 22.6. The molecule has 0 saturated carbocycles. The van der Waals surface area contributed by atoms with Crippen LogP contribution in [-0.2, 0) is 21.2 Å². The van der Waals surface area contributed by atoms with E-state index in [2.05, 4.69) is 20.2 Å². The lowest BCUT2D eigenvalue weighted by Crippen LogP contribution is -2.16. The van der Waals surface area contributed by atoms with Crippen molar-refractivity contribution in [3.8, 4) is 5.75 Å². The Morgan fingerprint density at radius 3 is 2.58 bits per heavy atom. The molecule has 8 nitrogen and oxygen atoms in total. The normalized spacial score (nSPS) is 11.2. The Hall–Kier alpha value is -3.04. The molecule has 0 spiro atoms. The van der Waals surface area contributed by atoms with Crippen LogP contribution in [0.5, 0.6) is 5.75 Å². The third-order valence-electron chi connectivity index (χ3n) is 4.74. The number of methoxy groups -OCH3 is 1. The van der Waals surface area contributed by atoms with Crippen molar-refractivity contribution in [3.63, 3.8) is 0 Å². The molecule has 0 aliphatic heterocycles. The fourth-order valence-electron chi connectivity index (χ4n) is 3.11. The van der Waals surface area contributed by atoms with Crippen molar-refractivity contribution in [2.45, 2.75) is 31.6 Å². The molecule has 1 aromatic heterocycles. The Morgan fingerprint density at radius 1 is 1.19 bits per heavy atom. The van der Waals surface area contributed by atoms with Gasteiger partial charge in [0, 0.05) is 17.8 Å². The molecule has 2 aromatic carbocycles. The van der Waals surface area contributed by atoms with Crippen LogP contribution < -0.4 is 14.8 Å². The molecular formula is C21H23ClN4O4S. The van der Waals surface area contributed by atoms with Gasteiger partial charge < -0.3 is 10.1 Å². The largest absolute Gasteiger partial charge is 0.495 e. The fraction of sp³-hybridized carbons (Fsp3) is 0.238. The van der Waals surface area contributed by atoms with E-state index < -0.39 is 10.0 Å². The quantitative estimate of drug-likeness (QED) is 0.467. The van der Waals surface area contributed by atoms with Gasteiger partial charge in [-0.3, -0.25) is 14.6 Å². The van der Waals surface area contributed by atoms with Crippen molar-refractivity contribution in [2.24, 2.45) is 0 Å². The van der Waals surface area contributed by atoms with Gasteiger partial charge in [0.25, 0.3) is 10.0 Å². The lowest BCUT2D eigenvalue weighted by Gasteiger charge is -2.14. The Bertz CT molecular complexity index is 1190. The first-order chi connectivity index (χ1) is 14.7. The maximum absolute atomic E-state index is 13.0. The number of rotatable bonds is 8. The minimum Gasteiger partial charge on any atom is -0.495 e. The van der Waals surface area contributed by atoms with Crippen molar-refractivity contribution in [2.75, 3.05) is 17.1 Å². The van der Waals surface area contributed by atoms with Gasteiger partial charge in [0.15, 0.2) is 0 Å². The molecule has 164 valence electrons. The number of para-hydroxylation sites is 1. The van der Waals surface area contributed by atoms with Gasteiger partial charge in [-0.05, 0) is 56.2 Å². The summed E-state index contributed by atoms with van der Waals surface area (Å²) in [5, 5.41) is 10.0. The number of carbonyl (C=O) groups is 1. The number of halogens is 1. The van der Waals surface area contributed by atoms with Crippen LogP contribution in [0.1, 0.15) is 23.4 Å². The molecule has 0 radical (unpaired) electrons. The highest BCUT2D eigenvalue weighted by Crippen LogP contribution is 2.31. The number of ether oxygens (including phenoxy) is 1. The van der Waals surface area contributed by atoms with Gasteiger partial charge in [0.1, 0.15) is 10.6 Å². The van der Waals surface area contributed by atoms with Crippen LogP contribution in [0.2, 0.25) is 5.02 Å². The summed E-state index contributed by atoms with van der Waals surface area (Å²) < 4.78 is 33.6. The number of carbonyl (C=O) groups excluding carboxylic acids is 1. The van der Waals surface area contributed by atoms with E-state index in [-0.39, 0.29) is 33.7 Å². The van der Waals surface area contributed by atoms with E-state index in [0.29, 0.717) is 12.1 Å². The van der Waals surface area contributed by atoms with Crippen molar-refractivity contribution in [3.05, 3.63) is 64.4 Å². The minimum atomic E-state index is -4.02. The lowest BCUT2D eigenvalue weighted by atomic mass is 10.1. The van der Waals surface area contributed by atoms with Crippen LogP contribution in [0.3, 0.4) is 0 Å². The van der Waals surface area contributed by atoms with E-state index >= 15 is 0 Å². The van der Waals surface area contributed by atoms with Gasteiger partial charge >= 0.3 is 0 Å². The third-order valence-corrected chi connectivity index (χ3v) is 6.45. The van der Waals surface area contributed by atoms with Crippen LogP contribution in [0.4, 0.5) is 11.4 Å². The van der Waals surface area contributed by atoms with Crippen molar-refractivity contribution < 1.29 is 17.9 Å². The van der Waals surface area contributed by atoms with E-state index in [4.69, 9.17) is 16.3 Å². The summed E-state index contributed by atoms with van der Waals surface area (Å²) in [6, 6.07) is 10.9. The summed E-state index contributed by atoms with van der Waals surface area (Å²) >= 11 is 6.07.